The molecule has 0 bridgehead atoms. The Kier molecular flexibility index (Phi) is 8.59. The number of rotatable bonds is 8. The van der Waals surface area contributed by atoms with Crippen LogP contribution < -0.4 is 16.2 Å². The van der Waals surface area contributed by atoms with Gasteiger partial charge in [0.1, 0.15) is 17.5 Å². The van der Waals surface area contributed by atoms with Gasteiger partial charge in [0.25, 0.3) is 5.56 Å². The Balaban J connectivity index is 1.21. The van der Waals surface area contributed by atoms with Crippen LogP contribution in [0.5, 0.6) is 0 Å². The number of anilines is 1. The molecule has 15 heteroatoms. The highest BCUT2D eigenvalue weighted by Gasteiger charge is 2.34. The SMILES string of the molecule is Cc1cc(F)cc(CNc2nc(-c3cnn(C(F)F)c3)c3n(c2=O)[C@H](C(=O)NCc2cc4c(s2)CN(C(=O)OC(C)(C)C)C4)CC3)c1. The number of halogens is 3. The minimum absolute atomic E-state index is 0.0706. The molecule has 2 amide bonds. The van der Waals surface area contributed by atoms with Gasteiger partial charge in [-0.05, 0) is 75.4 Å². The third-order valence-corrected chi connectivity index (χ3v) is 9.01. The molecule has 4 aromatic rings. The molecule has 6 rings (SSSR count). The molecule has 0 spiro atoms. The van der Waals surface area contributed by atoms with Gasteiger partial charge in [0, 0.05) is 33.8 Å². The number of thiophene rings is 1. The van der Waals surface area contributed by atoms with Gasteiger partial charge < -0.3 is 15.4 Å². The van der Waals surface area contributed by atoms with Crippen molar-refractivity contribution in [3.63, 3.8) is 0 Å². The third kappa shape index (κ3) is 6.89. The van der Waals surface area contributed by atoms with Crippen molar-refractivity contribution in [3.8, 4) is 11.3 Å². The first-order valence-electron chi connectivity index (χ1n) is 15.1. The lowest BCUT2D eigenvalue weighted by molar-refractivity contribution is -0.124. The zero-order valence-electron chi connectivity index (χ0n) is 26.3. The summed E-state index contributed by atoms with van der Waals surface area (Å²) in [5, 5.41) is 9.62. The van der Waals surface area contributed by atoms with Gasteiger partial charge in [-0.2, -0.15) is 13.9 Å². The Hall–Kier alpha value is -4.66. The zero-order valence-corrected chi connectivity index (χ0v) is 27.1. The van der Waals surface area contributed by atoms with Crippen LogP contribution in [0.1, 0.15) is 71.9 Å². The number of hydrogen-bond acceptors (Lipinski definition) is 8. The highest BCUT2D eigenvalue weighted by atomic mass is 32.1. The van der Waals surface area contributed by atoms with Crippen LogP contribution in [0.15, 0.2) is 41.5 Å². The molecule has 2 aliphatic heterocycles. The number of nitrogens with one attached hydrogen (secondary N) is 2. The molecule has 248 valence electrons. The van der Waals surface area contributed by atoms with Gasteiger partial charge in [-0.1, -0.05) is 6.07 Å². The minimum Gasteiger partial charge on any atom is -0.444 e. The molecule has 3 aromatic heterocycles. The second-order valence-electron chi connectivity index (χ2n) is 12.7. The molecule has 0 unspecified atom stereocenters. The maximum Gasteiger partial charge on any atom is 0.410 e. The van der Waals surface area contributed by atoms with E-state index in [1.807, 2.05) is 26.8 Å². The van der Waals surface area contributed by atoms with Crippen LogP contribution in [-0.4, -0.2) is 41.8 Å². The molecule has 1 atom stereocenters. The number of alkyl halides is 2. The maximum atomic E-state index is 14.0. The zero-order chi connectivity index (χ0) is 33.6. The molecule has 0 fully saturated rings. The Bertz CT molecular complexity index is 1870. The fraction of sp³-hybridized carbons (Fsp3) is 0.406. The molecule has 0 radical (unpaired) electrons. The predicted octanol–water partition coefficient (Wildman–Crippen LogP) is 5.68. The van der Waals surface area contributed by atoms with E-state index in [1.165, 1.54) is 34.2 Å². The Morgan fingerprint density at radius 1 is 1.15 bits per heavy atom. The van der Waals surface area contributed by atoms with Gasteiger partial charge in [0.2, 0.25) is 5.91 Å². The first kappa shape index (κ1) is 32.3. The summed E-state index contributed by atoms with van der Waals surface area (Å²) in [7, 11) is 0. The van der Waals surface area contributed by atoms with E-state index in [-0.39, 0.29) is 42.2 Å². The van der Waals surface area contributed by atoms with E-state index in [4.69, 9.17) is 4.74 Å². The second-order valence-corrected chi connectivity index (χ2v) is 13.9. The fourth-order valence-corrected chi connectivity index (χ4v) is 7.01. The van der Waals surface area contributed by atoms with E-state index in [0.29, 0.717) is 47.4 Å². The maximum absolute atomic E-state index is 14.0. The summed E-state index contributed by atoms with van der Waals surface area (Å²) in [5.41, 5.74) is 2.10. The first-order chi connectivity index (χ1) is 22.3. The highest BCUT2D eigenvalue weighted by molar-refractivity contribution is 7.12. The van der Waals surface area contributed by atoms with Crippen molar-refractivity contribution in [2.75, 3.05) is 5.32 Å². The van der Waals surface area contributed by atoms with Crippen LogP contribution in [0.25, 0.3) is 11.3 Å². The molecule has 0 saturated heterocycles. The quantitative estimate of drug-likeness (QED) is 0.248. The Labute approximate surface area is 272 Å². The number of fused-ring (bicyclic) bond motifs is 2. The lowest BCUT2D eigenvalue weighted by Gasteiger charge is -2.24. The Morgan fingerprint density at radius 3 is 2.62 bits per heavy atom. The third-order valence-electron chi connectivity index (χ3n) is 7.85. The van der Waals surface area contributed by atoms with Crippen molar-refractivity contribution < 1.29 is 27.5 Å². The molecule has 11 nitrogen and oxygen atoms in total. The number of hydrogen-bond donors (Lipinski definition) is 2. The molecule has 2 N–H and O–H groups in total. The summed E-state index contributed by atoms with van der Waals surface area (Å²) in [6, 6.07) is 5.58. The average Bonchev–Trinajstić information content (AvgIpc) is 3.77. The topological polar surface area (TPSA) is 123 Å². The van der Waals surface area contributed by atoms with E-state index in [2.05, 4.69) is 20.7 Å². The molecule has 47 heavy (non-hydrogen) atoms. The summed E-state index contributed by atoms with van der Waals surface area (Å²) in [6.07, 6.45) is 2.62. The molecule has 0 saturated carbocycles. The molecular weight excluding hydrogens is 635 g/mol. The van der Waals surface area contributed by atoms with Gasteiger partial charge in [-0.25, -0.2) is 18.9 Å². The summed E-state index contributed by atoms with van der Waals surface area (Å²) < 4.78 is 48.0. The standard InChI is InChI=1S/C32H34F3N7O4S/c1-17-7-18(9-21(33)8-17)11-36-27-29(44)42-23(26(39-27)20-12-38-41(15-20)30(34)35)5-6-24(42)28(43)37-13-22-10-19-14-40(16-25(19)47-22)31(45)46-32(2,3)4/h7-10,12,15,24,30H,5-6,11,13-14,16H2,1-4H3,(H,36,39)(H,37,43)/t24-/m0/s1. The number of benzene rings is 1. The van der Waals surface area contributed by atoms with Gasteiger partial charge in [0.15, 0.2) is 5.82 Å². The van der Waals surface area contributed by atoms with E-state index in [0.717, 1.165) is 21.5 Å². The fourth-order valence-electron chi connectivity index (χ4n) is 5.87. The van der Waals surface area contributed by atoms with Crippen molar-refractivity contribution in [3.05, 3.63) is 85.0 Å². The van der Waals surface area contributed by atoms with Gasteiger partial charge in [-0.3, -0.25) is 19.1 Å². The van der Waals surface area contributed by atoms with Crippen molar-refractivity contribution in [1.82, 2.24) is 29.5 Å². The van der Waals surface area contributed by atoms with E-state index >= 15 is 0 Å². The van der Waals surface area contributed by atoms with Gasteiger partial charge in [-0.15, -0.1) is 11.3 Å². The minimum atomic E-state index is -2.87. The highest BCUT2D eigenvalue weighted by Crippen LogP contribution is 2.34. The summed E-state index contributed by atoms with van der Waals surface area (Å²) in [5.74, 6) is -0.894. The number of aryl methyl sites for hydroxylation is 1. The van der Waals surface area contributed by atoms with Crippen LogP contribution >= 0.6 is 11.3 Å². The van der Waals surface area contributed by atoms with Gasteiger partial charge >= 0.3 is 12.6 Å². The predicted molar refractivity (Wildman–Crippen MR) is 168 cm³/mol. The number of amides is 2. The largest absolute Gasteiger partial charge is 0.444 e. The smallest absolute Gasteiger partial charge is 0.410 e. The van der Waals surface area contributed by atoms with Crippen LogP contribution in [0.3, 0.4) is 0 Å². The Morgan fingerprint density at radius 2 is 1.94 bits per heavy atom. The normalized spacial score (nSPS) is 15.6. The number of carbonyl (C=O) groups excluding carboxylic acids is 2. The lowest BCUT2D eigenvalue weighted by atomic mass is 10.1. The monoisotopic (exact) mass is 669 g/mol. The second kappa shape index (κ2) is 12.5. The van der Waals surface area contributed by atoms with Crippen LogP contribution in [-0.2, 0) is 42.1 Å². The first-order valence-corrected chi connectivity index (χ1v) is 15.9. The lowest BCUT2D eigenvalue weighted by Crippen LogP contribution is -2.36. The van der Waals surface area contributed by atoms with Crippen molar-refractivity contribution in [1.29, 1.82) is 0 Å². The van der Waals surface area contributed by atoms with E-state index < -0.39 is 29.6 Å². The summed E-state index contributed by atoms with van der Waals surface area (Å²) in [4.78, 5) is 47.9. The van der Waals surface area contributed by atoms with Crippen molar-refractivity contribution in [2.45, 2.75) is 84.9 Å². The van der Waals surface area contributed by atoms with E-state index in [1.54, 1.807) is 17.9 Å². The van der Waals surface area contributed by atoms with Crippen LogP contribution in [0.4, 0.5) is 23.8 Å². The summed E-state index contributed by atoms with van der Waals surface area (Å²) in [6.45, 7) is 5.48. The van der Waals surface area contributed by atoms with Gasteiger partial charge in [0.05, 0.1) is 31.5 Å². The number of aromatic nitrogens is 4. The summed E-state index contributed by atoms with van der Waals surface area (Å²) >= 11 is 1.50. The number of ether oxygens (including phenoxy) is 1. The number of nitrogens with zero attached hydrogens (tertiary/aromatic N) is 5. The number of carbonyl (C=O) groups is 2. The van der Waals surface area contributed by atoms with Crippen molar-refractivity contribution >= 4 is 29.2 Å². The molecule has 1 aromatic carbocycles. The molecule has 5 heterocycles. The average molecular weight is 670 g/mol. The van der Waals surface area contributed by atoms with Crippen molar-refractivity contribution in [2.24, 2.45) is 0 Å². The molecule has 2 aliphatic rings. The molecule has 0 aliphatic carbocycles. The van der Waals surface area contributed by atoms with Crippen LogP contribution in [0.2, 0.25) is 0 Å². The van der Waals surface area contributed by atoms with Crippen LogP contribution in [0, 0.1) is 12.7 Å². The molecular formula is C32H34F3N7O4S. The van der Waals surface area contributed by atoms with E-state index in [9.17, 15) is 27.6 Å².